The van der Waals surface area contributed by atoms with Gasteiger partial charge >= 0.3 is 0 Å². The zero-order valence-corrected chi connectivity index (χ0v) is 22.0. The Morgan fingerprint density at radius 2 is 1.62 bits per heavy atom. The van der Waals surface area contributed by atoms with Crippen molar-refractivity contribution in [2.75, 3.05) is 45.8 Å². The Morgan fingerprint density at radius 3 is 2.27 bits per heavy atom. The monoisotopic (exact) mass is 526 g/mol. The number of ketones is 1. The van der Waals surface area contributed by atoms with E-state index in [2.05, 4.69) is 16.7 Å². The van der Waals surface area contributed by atoms with Crippen LogP contribution in [0, 0.1) is 5.82 Å². The Kier molecular flexibility index (Phi) is 8.61. The van der Waals surface area contributed by atoms with Crippen LogP contribution in [-0.2, 0) is 11.3 Å². The topological polar surface area (TPSA) is 64.2 Å². The predicted molar refractivity (Wildman–Crippen MR) is 141 cm³/mol. The Hall–Kier alpha value is -3.23. The quantitative estimate of drug-likeness (QED) is 0.424. The standard InChI is InChI=1S/C28H32ClFN4O3/c1-20-18-31(19-22-3-6-24(30)7-4-22)11-12-32(20)10-9-27(36)25-8-5-23(29)17-26(25)28(37)34-15-13-33(14-16-34)21(2)35/h3-10,17,20H,11-16,18-19H2,1-2H3/t20-/m1/s1. The number of benzene rings is 2. The third kappa shape index (κ3) is 6.76. The average molecular weight is 527 g/mol. The molecular weight excluding hydrogens is 495 g/mol. The molecule has 0 aliphatic carbocycles. The van der Waals surface area contributed by atoms with Gasteiger partial charge in [0.25, 0.3) is 5.91 Å². The summed E-state index contributed by atoms with van der Waals surface area (Å²) in [5.74, 6) is -0.771. The first-order valence-electron chi connectivity index (χ1n) is 12.5. The first kappa shape index (κ1) is 26.8. The van der Waals surface area contributed by atoms with E-state index in [9.17, 15) is 18.8 Å². The second-order valence-corrected chi connectivity index (χ2v) is 10.1. The molecule has 2 saturated heterocycles. The summed E-state index contributed by atoms with van der Waals surface area (Å²) in [4.78, 5) is 45.8. The van der Waals surface area contributed by atoms with Crippen LogP contribution in [-0.4, -0.2) is 89.1 Å². The minimum absolute atomic E-state index is 0.0126. The highest BCUT2D eigenvalue weighted by molar-refractivity contribution is 6.31. The summed E-state index contributed by atoms with van der Waals surface area (Å²) in [7, 11) is 0. The van der Waals surface area contributed by atoms with Crippen molar-refractivity contribution < 1.29 is 18.8 Å². The number of allylic oxidation sites excluding steroid dienone is 1. The molecule has 2 fully saturated rings. The fourth-order valence-electron chi connectivity index (χ4n) is 4.82. The maximum Gasteiger partial charge on any atom is 0.254 e. The molecule has 2 aromatic carbocycles. The molecule has 9 heteroatoms. The molecular formula is C28H32ClFN4O3. The molecule has 0 spiro atoms. The van der Waals surface area contributed by atoms with Crippen molar-refractivity contribution in [1.82, 2.24) is 19.6 Å². The van der Waals surface area contributed by atoms with E-state index in [1.54, 1.807) is 46.3 Å². The molecule has 4 rings (SSSR count). The van der Waals surface area contributed by atoms with E-state index in [1.165, 1.54) is 25.1 Å². The van der Waals surface area contributed by atoms with E-state index in [4.69, 9.17) is 11.6 Å². The molecule has 2 aliphatic rings. The lowest BCUT2D eigenvalue weighted by atomic mass is 10.0. The number of halogens is 2. The number of hydrogen-bond acceptors (Lipinski definition) is 5. The van der Waals surface area contributed by atoms with E-state index in [1.807, 2.05) is 0 Å². The van der Waals surface area contributed by atoms with Gasteiger partial charge in [-0.2, -0.15) is 0 Å². The van der Waals surface area contributed by atoms with Crippen LogP contribution in [0.2, 0.25) is 5.02 Å². The smallest absolute Gasteiger partial charge is 0.254 e. The van der Waals surface area contributed by atoms with Gasteiger partial charge in [-0.05, 0) is 42.8 Å². The summed E-state index contributed by atoms with van der Waals surface area (Å²) in [6.45, 7) is 8.50. The average Bonchev–Trinajstić information content (AvgIpc) is 2.89. The van der Waals surface area contributed by atoms with Crippen LogP contribution >= 0.6 is 11.6 Å². The van der Waals surface area contributed by atoms with Crippen molar-refractivity contribution in [1.29, 1.82) is 0 Å². The SMILES string of the molecule is CC(=O)N1CCN(C(=O)c2cc(Cl)ccc2C(=O)C=CN2CCN(Cc3ccc(F)cc3)C[C@H]2C)CC1. The van der Waals surface area contributed by atoms with Crippen molar-refractivity contribution in [3.63, 3.8) is 0 Å². The normalized spacial score (nSPS) is 18.9. The Balaban J connectivity index is 1.39. The first-order valence-corrected chi connectivity index (χ1v) is 12.9. The van der Waals surface area contributed by atoms with Gasteiger partial charge in [-0.1, -0.05) is 23.7 Å². The Morgan fingerprint density at radius 1 is 0.946 bits per heavy atom. The molecule has 7 nitrogen and oxygen atoms in total. The number of nitrogens with zero attached hydrogens (tertiary/aromatic N) is 4. The molecule has 0 saturated carbocycles. The molecule has 0 unspecified atom stereocenters. The third-order valence-electron chi connectivity index (χ3n) is 6.99. The Labute approximate surface area is 222 Å². The van der Waals surface area contributed by atoms with Crippen molar-refractivity contribution in [2.24, 2.45) is 0 Å². The molecule has 37 heavy (non-hydrogen) atoms. The molecule has 0 N–H and O–H groups in total. The van der Waals surface area contributed by atoms with Gasteiger partial charge in [0.05, 0.1) is 5.56 Å². The zero-order chi connectivity index (χ0) is 26.5. The van der Waals surface area contributed by atoms with E-state index in [0.717, 1.165) is 31.7 Å². The molecule has 2 heterocycles. The fourth-order valence-corrected chi connectivity index (χ4v) is 4.99. The van der Waals surface area contributed by atoms with Crippen LogP contribution in [0.5, 0.6) is 0 Å². The summed E-state index contributed by atoms with van der Waals surface area (Å²) < 4.78 is 13.2. The van der Waals surface area contributed by atoms with E-state index in [0.29, 0.717) is 36.8 Å². The number of piperazine rings is 2. The highest BCUT2D eigenvalue weighted by Crippen LogP contribution is 2.21. The van der Waals surface area contributed by atoms with Gasteiger partial charge in [0.1, 0.15) is 5.82 Å². The lowest BCUT2D eigenvalue weighted by Gasteiger charge is -2.39. The highest BCUT2D eigenvalue weighted by Gasteiger charge is 2.27. The minimum Gasteiger partial charge on any atom is -0.372 e. The zero-order valence-electron chi connectivity index (χ0n) is 21.2. The van der Waals surface area contributed by atoms with Crippen molar-refractivity contribution in [3.05, 3.63) is 82.3 Å². The van der Waals surface area contributed by atoms with Crippen LogP contribution in [0.1, 0.15) is 40.1 Å². The minimum atomic E-state index is -0.261. The van der Waals surface area contributed by atoms with Gasteiger partial charge in [-0.3, -0.25) is 19.3 Å². The van der Waals surface area contributed by atoms with Crippen LogP contribution in [0.4, 0.5) is 4.39 Å². The second-order valence-electron chi connectivity index (χ2n) is 9.62. The largest absolute Gasteiger partial charge is 0.372 e. The maximum atomic E-state index is 13.3. The molecule has 2 aromatic rings. The molecule has 196 valence electrons. The van der Waals surface area contributed by atoms with E-state index >= 15 is 0 Å². The van der Waals surface area contributed by atoms with Crippen molar-refractivity contribution in [3.8, 4) is 0 Å². The van der Waals surface area contributed by atoms with Gasteiger partial charge in [0.2, 0.25) is 5.91 Å². The maximum absolute atomic E-state index is 13.3. The lowest BCUT2D eigenvalue weighted by Crippen LogP contribution is -2.50. The summed E-state index contributed by atoms with van der Waals surface area (Å²) in [5, 5.41) is 0.386. The van der Waals surface area contributed by atoms with Gasteiger partial charge < -0.3 is 14.7 Å². The van der Waals surface area contributed by atoms with Crippen molar-refractivity contribution in [2.45, 2.75) is 26.4 Å². The molecule has 1 atom stereocenters. The molecule has 0 aromatic heterocycles. The number of carbonyl (C=O) groups is 3. The van der Waals surface area contributed by atoms with Gasteiger partial charge in [-0.15, -0.1) is 0 Å². The number of rotatable bonds is 6. The summed E-state index contributed by atoms with van der Waals surface area (Å²) >= 11 is 6.18. The predicted octanol–water partition coefficient (Wildman–Crippen LogP) is 3.69. The van der Waals surface area contributed by atoms with Crippen LogP contribution in [0.25, 0.3) is 0 Å². The number of amides is 2. The van der Waals surface area contributed by atoms with Gasteiger partial charge in [0.15, 0.2) is 5.78 Å². The summed E-state index contributed by atoms with van der Waals surface area (Å²) in [6.07, 6.45) is 3.32. The molecule has 0 radical (unpaired) electrons. The number of hydrogen-bond donors (Lipinski definition) is 0. The van der Waals surface area contributed by atoms with Gasteiger partial charge in [-0.25, -0.2) is 4.39 Å². The fraction of sp³-hybridized carbons (Fsp3) is 0.393. The molecule has 2 amide bonds. The summed E-state index contributed by atoms with van der Waals surface area (Å²) in [6, 6.07) is 11.5. The van der Waals surface area contributed by atoms with Crippen molar-refractivity contribution >= 4 is 29.2 Å². The second kappa shape index (κ2) is 11.9. The summed E-state index contributed by atoms with van der Waals surface area (Å²) in [5.41, 5.74) is 1.65. The Bertz CT molecular complexity index is 1180. The lowest BCUT2D eigenvalue weighted by molar-refractivity contribution is -0.130. The van der Waals surface area contributed by atoms with Crippen LogP contribution < -0.4 is 0 Å². The first-order chi connectivity index (χ1) is 17.7. The van der Waals surface area contributed by atoms with Crippen LogP contribution in [0.3, 0.4) is 0 Å². The third-order valence-corrected chi connectivity index (χ3v) is 7.22. The highest BCUT2D eigenvalue weighted by atomic mass is 35.5. The van der Waals surface area contributed by atoms with E-state index in [-0.39, 0.29) is 35.0 Å². The van der Waals surface area contributed by atoms with Crippen LogP contribution in [0.15, 0.2) is 54.7 Å². The molecule has 0 bridgehead atoms. The molecule has 2 aliphatic heterocycles. The number of carbonyl (C=O) groups excluding carboxylic acids is 3. The van der Waals surface area contributed by atoms with E-state index < -0.39 is 0 Å². The van der Waals surface area contributed by atoms with Gasteiger partial charge in [0, 0.05) is 88.2 Å².